The molecule has 6 heteroatoms. The second-order valence-electron chi connectivity index (χ2n) is 11.1. The van der Waals surface area contributed by atoms with Crippen LogP contribution >= 0.6 is 23.2 Å². The van der Waals surface area contributed by atoms with E-state index < -0.39 is 0 Å². The van der Waals surface area contributed by atoms with Crippen molar-refractivity contribution in [3.63, 3.8) is 0 Å². The first kappa shape index (κ1) is 28.5. The molecule has 4 nitrogen and oxygen atoms in total. The molecule has 0 bridgehead atoms. The van der Waals surface area contributed by atoms with Crippen LogP contribution in [0.25, 0.3) is 21.5 Å². The van der Waals surface area contributed by atoms with E-state index in [1.807, 2.05) is 18.2 Å². The molecule has 0 saturated carbocycles. The van der Waals surface area contributed by atoms with Gasteiger partial charge in [-0.1, -0.05) is 78.6 Å². The monoisotopic (exact) mass is 534 g/mol. The van der Waals surface area contributed by atoms with E-state index in [0.29, 0.717) is 77.4 Å². The van der Waals surface area contributed by atoms with Crippen molar-refractivity contribution in [1.29, 1.82) is 0 Å². The average molecular weight is 536 g/mol. The second kappa shape index (κ2) is 12.5. The van der Waals surface area contributed by atoms with Crippen LogP contribution in [-0.4, -0.2) is 26.4 Å². The number of rotatable bonds is 12. The van der Waals surface area contributed by atoms with E-state index in [0.717, 1.165) is 27.3 Å². The van der Waals surface area contributed by atoms with E-state index in [9.17, 15) is 0 Å². The molecule has 3 aromatic carbocycles. The molecule has 0 amide bonds. The van der Waals surface area contributed by atoms with E-state index in [2.05, 4.69) is 55.4 Å². The SMILES string of the molecule is CC(C)COc1ccc(OCC(C)C)c2c(OCC(C)C)c3c(Cl)c(Cl)ccc3c(OCC(C)C)c12. The lowest BCUT2D eigenvalue weighted by Crippen LogP contribution is -2.11. The number of hydrogen-bond donors (Lipinski definition) is 0. The fourth-order valence-corrected chi connectivity index (χ4v) is 4.19. The van der Waals surface area contributed by atoms with Gasteiger partial charge < -0.3 is 18.9 Å². The van der Waals surface area contributed by atoms with Crippen molar-refractivity contribution in [3.05, 3.63) is 34.3 Å². The fourth-order valence-electron chi connectivity index (χ4n) is 3.78. The summed E-state index contributed by atoms with van der Waals surface area (Å²) in [5.41, 5.74) is 0. The molecule has 0 aromatic heterocycles. The van der Waals surface area contributed by atoms with Crippen LogP contribution < -0.4 is 18.9 Å². The average Bonchev–Trinajstić information content (AvgIpc) is 2.80. The molecule has 0 fully saturated rings. The summed E-state index contributed by atoms with van der Waals surface area (Å²) in [5, 5.41) is 4.10. The van der Waals surface area contributed by atoms with Crippen LogP contribution in [0.5, 0.6) is 23.0 Å². The first-order chi connectivity index (χ1) is 17.0. The number of fused-ring (bicyclic) bond motifs is 2. The zero-order valence-corrected chi connectivity index (χ0v) is 24.3. The number of hydrogen-bond acceptors (Lipinski definition) is 4. The largest absolute Gasteiger partial charge is 0.493 e. The maximum Gasteiger partial charge on any atom is 0.140 e. The highest BCUT2D eigenvalue weighted by Crippen LogP contribution is 2.53. The molecular weight excluding hydrogens is 495 g/mol. The first-order valence-electron chi connectivity index (χ1n) is 12.9. The Kier molecular flexibility index (Phi) is 9.88. The lowest BCUT2D eigenvalue weighted by Gasteiger charge is -2.24. The summed E-state index contributed by atoms with van der Waals surface area (Å²) in [6.45, 7) is 19.2. The summed E-state index contributed by atoms with van der Waals surface area (Å²) in [5.74, 6) is 4.15. The molecule has 0 N–H and O–H groups in total. The van der Waals surface area contributed by atoms with Gasteiger partial charge in [0.25, 0.3) is 0 Å². The van der Waals surface area contributed by atoms with Gasteiger partial charge in [0.1, 0.15) is 23.0 Å². The van der Waals surface area contributed by atoms with Gasteiger partial charge in [-0.3, -0.25) is 0 Å². The summed E-state index contributed by atoms with van der Waals surface area (Å²) in [4.78, 5) is 0. The van der Waals surface area contributed by atoms with Crippen molar-refractivity contribution in [3.8, 4) is 23.0 Å². The minimum atomic E-state index is 0.310. The minimum Gasteiger partial charge on any atom is -0.493 e. The molecular formula is C30H40Cl2O4. The minimum absolute atomic E-state index is 0.310. The molecule has 198 valence electrons. The van der Waals surface area contributed by atoms with Crippen molar-refractivity contribution in [2.24, 2.45) is 23.7 Å². The number of benzene rings is 3. The van der Waals surface area contributed by atoms with E-state index in [1.165, 1.54) is 0 Å². The van der Waals surface area contributed by atoms with Crippen LogP contribution in [0.4, 0.5) is 0 Å². The Labute approximate surface area is 226 Å². The zero-order chi connectivity index (χ0) is 26.6. The third-order valence-electron chi connectivity index (χ3n) is 5.42. The van der Waals surface area contributed by atoms with Crippen LogP contribution in [0.15, 0.2) is 24.3 Å². The highest BCUT2D eigenvalue weighted by Gasteiger charge is 2.26. The van der Waals surface area contributed by atoms with Crippen molar-refractivity contribution in [2.45, 2.75) is 55.4 Å². The topological polar surface area (TPSA) is 36.9 Å². The Morgan fingerprint density at radius 2 is 0.944 bits per heavy atom. The predicted octanol–water partition coefficient (Wildman–Crippen LogP) is 9.44. The Morgan fingerprint density at radius 1 is 0.528 bits per heavy atom. The van der Waals surface area contributed by atoms with Gasteiger partial charge in [-0.05, 0) is 47.9 Å². The van der Waals surface area contributed by atoms with Crippen molar-refractivity contribution in [2.75, 3.05) is 26.4 Å². The smallest absolute Gasteiger partial charge is 0.140 e. The molecule has 36 heavy (non-hydrogen) atoms. The van der Waals surface area contributed by atoms with Gasteiger partial charge in [-0.2, -0.15) is 0 Å². The third-order valence-corrected chi connectivity index (χ3v) is 6.22. The maximum absolute atomic E-state index is 6.86. The van der Waals surface area contributed by atoms with Crippen LogP contribution in [-0.2, 0) is 0 Å². The van der Waals surface area contributed by atoms with Crippen molar-refractivity contribution < 1.29 is 18.9 Å². The third kappa shape index (κ3) is 6.63. The summed E-state index contributed by atoms with van der Waals surface area (Å²) in [6, 6.07) is 7.69. The lowest BCUT2D eigenvalue weighted by atomic mass is 9.98. The summed E-state index contributed by atoms with van der Waals surface area (Å²) >= 11 is 13.4. The summed E-state index contributed by atoms with van der Waals surface area (Å²) in [6.07, 6.45) is 0. The fraction of sp³-hybridized carbons (Fsp3) is 0.533. The zero-order valence-electron chi connectivity index (χ0n) is 22.8. The normalized spacial score (nSPS) is 11.9. The lowest BCUT2D eigenvalue weighted by molar-refractivity contribution is 0.259. The Bertz CT molecular complexity index is 1190. The molecule has 0 spiro atoms. The maximum atomic E-state index is 6.86. The van der Waals surface area contributed by atoms with Crippen LogP contribution in [0.3, 0.4) is 0 Å². The van der Waals surface area contributed by atoms with E-state index in [1.54, 1.807) is 6.07 Å². The molecule has 0 aliphatic heterocycles. The molecule has 3 rings (SSSR count). The van der Waals surface area contributed by atoms with Crippen LogP contribution in [0, 0.1) is 23.7 Å². The van der Waals surface area contributed by atoms with Gasteiger partial charge in [0.2, 0.25) is 0 Å². The number of ether oxygens (including phenoxy) is 4. The van der Waals surface area contributed by atoms with Crippen LogP contribution in [0.1, 0.15) is 55.4 Å². The van der Waals surface area contributed by atoms with E-state index in [-0.39, 0.29) is 0 Å². The Hall–Kier alpha value is -2.04. The quantitative estimate of drug-likeness (QED) is 0.217. The van der Waals surface area contributed by atoms with E-state index in [4.69, 9.17) is 42.1 Å². The van der Waals surface area contributed by atoms with Crippen molar-refractivity contribution in [1.82, 2.24) is 0 Å². The van der Waals surface area contributed by atoms with Gasteiger partial charge in [0.05, 0.1) is 47.2 Å². The van der Waals surface area contributed by atoms with Gasteiger partial charge in [0.15, 0.2) is 0 Å². The molecule has 0 aliphatic carbocycles. The second-order valence-corrected chi connectivity index (χ2v) is 11.9. The first-order valence-corrected chi connectivity index (χ1v) is 13.7. The molecule has 0 aliphatic rings. The predicted molar refractivity (Wildman–Crippen MR) is 153 cm³/mol. The Balaban J connectivity index is 2.49. The highest BCUT2D eigenvalue weighted by atomic mass is 35.5. The Morgan fingerprint density at radius 3 is 1.42 bits per heavy atom. The van der Waals surface area contributed by atoms with Gasteiger partial charge in [0, 0.05) is 10.8 Å². The molecule has 0 saturated heterocycles. The highest BCUT2D eigenvalue weighted by molar-refractivity contribution is 6.46. The molecule has 0 unspecified atom stereocenters. The van der Waals surface area contributed by atoms with Gasteiger partial charge in [-0.25, -0.2) is 0 Å². The van der Waals surface area contributed by atoms with Crippen LogP contribution in [0.2, 0.25) is 10.0 Å². The van der Waals surface area contributed by atoms with Gasteiger partial charge >= 0.3 is 0 Å². The number of halogens is 2. The van der Waals surface area contributed by atoms with E-state index >= 15 is 0 Å². The molecule has 0 radical (unpaired) electrons. The molecule has 3 aromatic rings. The standard InChI is InChI=1S/C30H40Cl2O4/c1-17(2)13-33-23-11-12-24(34-14-18(3)4)27-26(23)29(35-15-19(5)6)21-9-10-22(31)28(32)25(21)30(27)36-16-20(7)8/h9-12,17-20H,13-16H2,1-8H3. The van der Waals surface area contributed by atoms with Gasteiger partial charge in [-0.15, -0.1) is 0 Å². The van der Waals surface area contributed by atoms with Crippen molar-refractivity contribution >= 4 is 44.7 Å². The summed E-state index contributed by atoms with van der Waals surface area (Å²) < 4.78 is 25.7. The molecule has 0 heterocycles. The summed E-state index contributed by atoms with van der Waals surface area (Å²) in [7, 11) is 0. The molecule has 0 atom stereocenters.